The molecule has 0 spiro atoms. The SMILES string of the molecule is CCCCC(C)C(C)N(C(N=C1CCCCC1C)=C(C)C)C1CCCC(C)C1. The number of hydrogen-bond acceptors (Lipinski definition) is 2. The fourth-order valence-corrected chi connectivity index (χ4v) is 5.29. The van der Waals surface area contributed by atoms with Gasteiger partial charge < -0.3 is 4.90 Å². The molecule has 2 nitrogen and oxygen atoms in total. The number of nitrogens with zero attached hydrogens (tertiary/aromatic N) is 2. The second-order valence-electron chi connectivity index (χ2n) is 10.3. The van der Waals surface area contributed by atoms with E-state index >= 15 is 0 Å². The van der Waals surface area contributed by atoms with Crippen LogP contribution in [0.25, 0.3) is 0 Å². The quantitative estimate of drug-likeness (QED) is 0.411. The van der Waals surface area contributed by atoms with E-state index in [1.54, 1.807) is 0 Å². The Morgan fingerprint density at radius 1 is 1.07 bits per heavy atom. The number of allylic oxidation sites excluding steroid dienone is 1. The highest BCUT2D eigenvalue weighted by molar-refractivity contribution is 5.88. The molecule has 162 valence electrons. The van der Waals surface area contributed by atoms with Crippen molar-refractivity contribution in [3.8, 4) is 0 Å². The van der Waals surface area contributed by atoms with Gasteiger partial charge in [-0.15, -0.1) is 0 Å². The molecule has 0 heterocycles. The van der Waals surface area contributed by atoms with Crippen molar-refractivity contribution < 1.29 is 0 Å². The molecule has 2 fully saturated rings. The van der Waals surface area contributed by atoms with Crippen LogP contribution < -0.4 is 0 Å². The van der Waals surface area contributed by atoms with Crippen molar-refractivity contribution in [3.05, 3.63) is 11.4 Å². The Morgan fingerprint density at radius 2 is 1.82 bits per heavy atom. The fourth-order valence-electron chi connectivity index (χ4n) is 5.29. The van der Waals surface area contributed by atoms with E-state index in [1.807, 2.05) is 0 Å². The lowest BCUT2D eigenvalue weighted by atomic mass is 9.84. The van der Waals surface area contributed by atoms with E-state index in [4.69, 9.17) is 4.99 Å². The Labute approximate surface area is 176 Å². The van der Waals surface area contributed by atoms with E-state index in [2.05, 4.69) is 53.4 Å². The highest BCUT2D eigenvalue weighted by atomic mass is 15.3. The van der Waals surface area contributed by atoms with Gasteiger partial charge in [-0.05, 0) is 82.6 Å². The second-order valence-corrected chi connectivity index (χ2v) is 10.3. The van der Waals surface area contributed by atoms with Gasteiger partial charge in [0.05, 0.1) is 0 Å². The van der Waals surface area contributed by atoms with Crippen LogP contribution in [-0.4, -0.2) is 22.7 Å². The molecule has 0 N–H and O–H groups in total. The van der Waals surface area contributed by atoms with Gasteiger partial charge in [0.1, 0.15) is 5.82 Å². The summed E-state index contributed by atoms with van der Waals surface area (Å²) in [7, 11) is 0. The average Bonchev–Trinajstić information content (AvgIpc) is 2.66. The number of hydrogen-bond donors (Lipinski definition) is 0. The lowest BCUT2D eigenvalue weighted by molar-refractivity contribution is 0.0997. The van der Waals surface area contributed by atoms with Crippen LogP contribution in [0, 0.1) is 17.8 Å². The van der Waals surface area contributed by atoms with Crippen LogP contribution in [0.5, 0.6) is 0 Å². The summed E-state index contributed by atoms with van der Waals surface area (Å²) in [6.07, 6.45) is 14.6. The lowest BCUT2D eigenvalue weighted by Gasteiger charge is -2.45. The van der Waals surface area contributed by atoms with Gasteiger partial charge in [0.15, 0.2) is 0 Å². The van der Waals surface area contributed by atoms with E-state index in [1.165, 1.54) is 87.7 Å². The molecule has 0 aromatic heterocycles. The molecule has 28 heavy (non-hydrogen) atoms. The molecule has 0 bridgehead atoms. The van der Waals surface area contributed by atoms with Crippen LogP contribution in [-0.2, 0) is 0 Å². The molecule has 0 amide bonds. The van der Waals surface area contributed by atoms with Crippen LogP contribution in [0.15, 0.2) is 16.4 Å². The van der Waals surface area contributed by atoms with Gasteiger partial charge in [-0.2, -0.15) is 0 Å². The third-order valence-corrected chi connectivity index (χ3v) is 7.41. The molecule has 0 aromatic rings. The van der Waals surface area contributed by atoms with Crippen molar-refractivity contribution in [1.29, 1.82) is 0 Å². The molecular weight excluding hydrogens is 340 g/mol. The van der Waals surface area contributed by atoms with E-state index in [9.17, 15) is 0 Å². The van der Waals surface area contributed by atoms with Crippen LogP contribution in [0.2, 0.25) is 0 Å². The first kappa shape index (κ1) is 23.5. The molecule has 2 aliphatic carbocycles. The topological polar surface area (TPSA) is 15.6 Å². The predicted octanol–water partition coefficient (Wildman–Crippen LogP) is 7.98. The van der Waals surface area contributed by atoms with Gasteiger partial charge in [0.2, 0.25) is 0 Å². The Kier molecular flexibility index (Phi) is 9.57. The molecule has 2 heteroatoms. The summed E-state index contributed by atoms with van der Waals surface area (Å²) in [5, 5.41) is 0. The van der Waals surface area contributed by atoms with E-state index in [0.29, 0.717) is 18.0 Å². The molecule has 0 saturated heterocycles. The summed E-state index contributed by atoms with van der Waals surface area (Å²) in [5.41, 5.74) is 2.86. The predicted molar refractivity (Wildman–Crippen MR) is 125 cm³/mol. The smallest absolute Gasteiger partial charge is 0.127 e. The largest absolute Gasteiger partial charge is 0.351 e. The molecule has 5 unspecified atom stereocenters. The number of unbranched alkanes of at least 4 members (excludes halogenated alkanes) is 1. The van der Waals surface area contributed by atoms with Crippen molar-refractivity contribution in [2.24, 2.45) is 22.7 Å². The summed E-state index contributed by atoms with van der Waals surface area (Å²) in [4.78, 5) is 8.21. The molecule has 0 aliphatic heterocycles. The first-order valence-corrected chi connectivity index (χ1v) is 12.4. The number of aliphatic imine (C=N–C) groups is 1. The average molecular weight is 389 g/mol. The summed E-state index contributed by atoms with van der Waals surface area (Å²) in [6.45, 7) is 16.7. The monoisotopic (exact) mass is 388 g/mol. The highest BCUT2D eigenvalue weighted by Crippen LogP contribution is 2.35. The zero-order valence-corrected chi connectivity index (χ0v) is 20.1. The van der Waals surface area contributed by atoms with Crippen molar-refractivity contribution in [2.75, 3.05) is 0 Å². The van der Waals surface area contributed by atoms with Gasteiger partial charge in [-0.25, -0.2) is 4.99 Å². The fraction of sp³-hybridized carbons (Fsp3) is 0.885. The summed E-state index contributed by atoms with van der Waals surface area (Å²) in [6, 6.07) is 1.23. The van der Waals surface area contributed by atoms with E-state index < -0.39 is 0 Å². The molecule has 0 aromatic carbocycles. The van der Waals surface area contributed by atoms with E-state index in [0.717, 1.165) is 11.8 Å². The zero-order valence-electron chi connectivity index (χ0n) is 20.1. The normalized spacial score (nSPS) is 29.4. The van der Waals surface area contributed by atoms with Gasteiger partial charge in [-0.3, -0.25) is 0 Å². The Balaban J connectivity index is 2.36. The molecule has 2 saturated carbocycles. The van der Waals surface area contributed by atoms with Crippen LogP contribution in [0.1, 0.15) is 119 Å². The summed E-state index contributed by atoms with van der Waals surface area (Å²) < 4.78 is 0. The minimum Gasteiger partial charge on any atom is -0.351 e. The molecular formula is C26H48N2. The third kappa shape index (κ3) is 6.36. The van der Waals surface area contributed by atoms with Crippen LogP contribution in [0.3, 0.4) is 0 Å². The lowest BCUT2D eigenvalue weighted by Crippen LogP contribution is -2.46. The Bertz CT molecular complexity index is 529. The summed E-state index contributed by atoms with van der Waals surface area (Å²) >= 11 is 0. The standard InChI is InChI=1S/C26H48N2/c1-8-9-14-21(5)23(7)28(24-16-12-13-20(4)18-24)26(19(2)3)27-25-17-11-10-15-22(25)6/h20-24H,8-18H2,1-7H3. The molecule has 0 radical (unpaired) electrons. The van der Waals surface area contributed by atoms with Gasteiger partial charge >= 0.3 is 0 Å². The van der Waals surface area contributed by atoms with Crippen molar-refractivity contribution in [3.63, 3.8) is 0 Å². The number of rotatable bonds is 8. The highest BCUT2D eigenvalue weighted by Gasteiger charge is 2.32. The first-order valence-electron chi connectivity index (χ1n) is 12.4. The van der Waals surface area contributed by atoms with E-state index in [-0.39, 0.29) is 0 Å². The van der Waals surface area contributed by atoms with Crippen molar-refractivity contribution in [1.82, 2.24) is 4.90 Å². The maximum atomic E-state index is 5.42. The Hall–Kier alpha value is -0.790. The van der Waals surface area contributed by atoms with Crippen LogP contribution in [0.4, 0.5) is 0 Å². The third-order valence-electron chi connectivity index (χ3n) is 7.41. The second kappa shape index (κ2) is 11.4. The maximum absolute atomic E-state index is 5.42. The molecule has 2 aliphatic rings. The van der Waals surface area contributed by atoms with Crippen molar-refractivity contribution in [2.45, 2.75) is 131 Å². The van der Waals surface area contributed by atoms with Gasteiger partial charge in [-0.1, -0.05) is 59.8 Å². The minimum absolute atomic E-state index is 0.565. The molecule has 5 atom stereocenters. The first-order chi connectivity index (χ1) is 13.3. The Morgan fingerprint density at radius 3 is 2.43 bits per heavy atom. The minimum atomic E-state index is 0.565. The van der Waals surface area contributed by atoms with Crippen LogP contribution >= 0.6 is 0 Å². The molecule has 2 rings (SSSR count). The zero-order chi connectivity index (χ0) is 20.7. The van der Waals surface area contributed by atoms with Crippen molar-refractivity contribution >= 4 is 5.71 Å². The van der Waals surface area contributed by atoms with Gasteiger partial charge in [0, 0.05) is 17.8 Å². The summed E-state index contributed by atoms with van der Waals surface area (Å²) in [5.74, 6) is 3.54. The maximum Gasteiger partial charge on any atom is 0.127 e. The van der Waals surface area contributed by atoms with Gasteiger partial charge in [0.25, 0.3) is 0 Å².